The van der Waals surface area contributed by atoms with Gasteiger partial charge in [-0.05, 0) is 29.8 Å². The van der Waals surface area contributed by atoms with Gasteiger partial charge in [-0.1, -0.05) is 47.7 Å². The highest BCUT2D eigenvalue weighted by atomic mass is 32.2. The number of halogens is 1. The van der Waals surface area contributed by atoms with Crippen molar-refractivity contribution in [2.45, 2.75) is 11.4 Å². The molecule has 0 atom stereocenters. The first-order valence-electron chi connectivity index (χ1n) is 8.50. The fraction of sp³-hybridized carbons (Fsp3) is 0.100. The largest absolute Gasteiger partial charge is 0.272 e. The molecule has 0 fully saturated rings. The second-order valence-corrected chi connectivity index (χ2v) is 6.74. The van der Waals surface area contributed by atoms with Crippen molar-refractivity contribution in [2.24, 2.45) is 5.10 Å². The van der Waals surface area contributed by atoms with Gasteiger partial charge in [0.1, 0.15) is 11.5 Å². The molecule has 0 radical (unpaired) electrons. The van der Waals surface area contributed by atoms with Gasteiger partial charge in [0.25, 0.3) is 0 Å². The van der Waals surface area contributed by atoms with E-state index in [0.717, 1.165) is 17.3 Å². The third-order valence-electron chi connectivity index (χ3n) is 3.56. The number of benzene rings is 2. The third kappa shape index (κ3) is 6.17. The maximum atomic E-state index is 13.5. The molecule has 1 heterocycles. The van der Waals surface area contributed by atoms with Crippen molar-refractivity contribution in [3.05, 3.63) is 83.9 Å². The molecule has 0 aliphatic heterocycles. The van der Waals surface area contributed by atoms with Crippen molar-refractivity contribution in [3.63, 3.8) is 0 Å². The van der Waals surface area contributed by atoms with E-state index in [1.807, 2.05) is 36.5 Å². The van der Waals surface area contributed by atoms with Gasteiger partial charge in [-0.25, -0.2) is 14.5 Å². The van der Waals surface area contributed by atoms with Crippen molar-refractivity contribution >= 4 is 30.0 Å². The molecule has 0 aliphatic carbocycles. The normalized spacial score (nSPS) is 11.3. The molecule has 8 heteroatoms. The number of aromatic nitrogens is 3. The lowest BCUT2D eigenvalue weighted by atomic mass is 10.2. The van der Waals surface area contributed by atoms with Gasteiger partial charge in [-0.2, -0.15) is 5.10 Å². The van der Waals surface area contributed by atoms with E-state index >= 15 is 0 Å². The topological polar surface area (TPSA) is 72.2 Å². The first-order chi connectivity index (χ1) is 13.7. The van der Waals surface area contributed by atoms with Crippen molar-refractivity contribution in [2.75, 3.05) is 5.75 Å². The van der Waals surface area contributed by atoms with Crippen LogP contribution in [0.1, 0.15) is 11.3 Å². The summed E-state index contributed by atoms with van der Waals surface area (Å²) in [6.45, 7) is 0.644. The molecule has 1 N–H and O–H groups in total. The lowest BCUT2D eigenvalue weighted by Gasteiger charge is -2.01. The summed E-state index contributed by atoms with van der Waals surface area (Å²) in [5, 5.41) is 11.9. The highest BCUT2D eigenvalue weighted by molar-refractivity contribution is 8.00. The number of nitrogens with zero attached hydrogens (tertiary/aromatic N) is 4. The lowest BCUT2D eigenvalue weighted by Crippen LogP contribution is -2.19. The maximum Gasteiger partial charge on any atom is 0.250 e. The summed E-state index contributed by atoms with van der Waals surface area (Å²) in [5.74, 6) is -0.575. The Morgan fingerprint density at radius 1 is 1.18 bits per heavy atom. The van der Waals surface area contributed by atoms with Crippen LogP contribution in [0.2, 0.25) is 0 Å². The maximum absolute atomic E-state index is 13.5. The molecular formula is C20H18FN5OS. The van der Waals surface area contributed by atoms with Crippen LogP contribution < -0.4 is 5.43 Å². The fourth-order valence-electron chi connectivity index (χ4n) is 2.27. The van der Waals surface area contributed by atoms with E-state index in [1.54, 1.807) is 35.0 Å². The first kappa shape index (κ1) is 19.5. The number of amides is 1. The molecule has 0 aliphatic rings. The number of carbonyl (C=O) groups is 1. The van der Waals surface area contributed by atoms with E-state index in [4.69, 9.17) is 0 Å². The minimum Gasteiger partial charge on any atom is -0.272 e. The first-order valence-corrected chi connectivity index (χ1v) is 9.49. The van der Waals surface area contributed by atoms with Crippen LogP contribution in [0.5, 0.6) is 0 Å². The standard InChI is InChI=1S/C20H18FN5OS/c21-18-10-4-5-11-19(18)28-15-20(27)24-22-12-6-9-17-14-26(25-23-17)13-16-7-2-1-3-8-16/h1-12,14H,13,15H2,(H,24,27)/b9-6+,22-12-. The Bertz CT molecular complexity index is 971. The molecule has 0 unspecified atom stereocenters. The summed E-state index contributed by atoms with van der Waals surface area (Å²) in [6, 6.07) is 16.3. The number of hydrogen-bond acceptors (Lipinski definition) is 5. The Morgan fingerprint density at radius 2 is 1.96 bits per heavy atom. The van der Waals surface area contributed by atoms with E-state index < -0.39 is 0 Å². The Balaban J connectivity index is 1.41. The highest BCUT2D eigenvalue weighted by Gasteiger charge is 2.05. The number of hydrazone groups is 1. The molecule has 2 aromatic carbocycles. The molecule has 6 nitrogen and oxygen atoms in total. The monoisotopic (exact) mass is 395 g/mol. The van der Waals surface area contributed by atoms with Crippen LogP contribution in [-0.2, 0) is 11.3 Å². The molecule has 1 amide bonds. The van der Waals surface area contributed by atoms with Gasteiger partial charge in [0, 0.05) is 11.1 Å². The zero-order valence-electron chi connectivity index (χ0n) is 14.9. The van der Waals surface area contributed by atoms with Crippen LogP contribution >= 0.6 is 11.8 Å². The number of allylic oxidation sites excluding steroid dienone is 1. The van der Waals surface area contributed by atoms with Gasteiger partial charge in [0.15, 0.2) is 0 Å². The fourth-order valence-corrected chi connectivity index (χ4v) is 3.00. The summed E-state index contributed by atoms with van der Waals surface area (Å²) in [4.78, 5) is 12.2. The Kier molecular flexibility index (Phi) is 7.08. The van der Waals surface area contributed by atoms with Gasteiger partial charge in [0.2, 0.25) is 5.91 Å². The lowest BCUT2D eigenvalue weighted by molar-refractivity contribution is -0.118. The number of rotatable bonds is 8. The predicted octanol–water partition coefficient (Wildman–Crippen LogP) is 3.37. The molecule has 0 saturated heterocycles. The van der Waals surface area contributed by atoms with Crippen molar-refractivity contribution in [1.82, 2.24) is 20.4 Å². The summed E-state index contributed by atoms with van der Waals surface area (Å²) in [6.07, 6.45) is 6.66. The average molecular weight is 395 g/mol. The summed E-state index contributed by atoms with van der Waals surface area (Å²) < 4.78 is 15.2. The minimum absolute atomic E-state index is 0.0792. The number of carbonyl (C=O) groups excluding carboxylic acids is 1. The molecule has 1 aromatic heterocycles. The SMILES string of the molecule is O=C(CSc1ccccc1F)N/N=C\C=C\c1cn(Cc2ccccc2)nn1. The molecule has 0 spiro atoms. The van der Waals surface area contributed by atoms with Crippen molar-refractivity contribution in [3.8, 4) is 0 Å². The van der Waals surface area contributed by atoms with Crippen LogP contribution in [0.4, 0.5) is 4.39 Å². The van der Waals surface area contributed by atoms with Gasteiger partial charge >= 0.3 is 0 Å². The van der Waals surface area contributed by atoms with Gasteiger partial charge in [0.05, 0.1) is 18.5 Å². The molecular weight excluding hydrogens is 377 g/mol. The zero-order chi connectivity index (χ0) is 19.6. The average Bonchev–Trinajstić information content (AvgIpc) is 3.15. The second-order valence-electron chi connectivity index (χ2n) is 5.72. The molecule has 3 aromatic rings. The van der Waals surface area contributed by atoms with E-state index in [-0.39, 0.29) is 17.5 Å². The van der Waals surface area contributed by atoms with Crippen molar-refractivity contribution < 1.29 is 9.18 Å². The van der Waals surface area contributed by atoms with Gasteiger partial charge in [-0.15, -0.1) is 16.9 Å². The van der Waals surface area contributed by atoms with Crippen LogP contribution in [0, 0.1) is 5.82 Å². The van der Waals surface area contributed by atoms with E-state index in [9.17, 15) is 9.18 Å². The van der Waals surface area contributed by atoms with E-state index in [0.29, 0.717) is 17.1 Å². The zero-order valence-corrected chi connectivity index (χ0v) is 15.7. The molecule has 142 valence electrons. The van der Waals surface area contributed by atoms with Gasteiger partial charge in [-0.3, -0.25) is 4.79 Å². The minimum atomic E-state index is -0.341. The van der Waals surface area contributed by atoms with Crippen LogP contribution in [0.15, 0.2) is 76.9 Å². The molecule has 0 bridgehead atoms. The number of hydrogen-bond donors (Lipinski definition) is 1. The molecule has 0 saturated carbocycles. The van der Waals surface area contributed by atoms with Crippen LogP contribution in [-0.4, -0.2) is 32.9 Å². The summed E-state index contributed by atoms with van der Waals surface area (Å²) in [7, 11) is 0. The highest BCUT2D eigenvalue weighted by Crippen LogP contribution is 2.20. The molecule has 3 rings (SSSR count). The van der Waals surface area contributed by atoms with E-state index in [1.165, 1.54) is 12.3 Å². The Hall–Kier alpha value is -3.26. The number of thioether (sulfide) groups is 1. The Labute approximate surface area is 166 Å². The number of nitrogens with one attached hydrogen (secondary N) is 1. The van der Waals surface area contributed by atoms with Gasteiger partial charge < -0.3 is 0 Å². The van der Waals surface area contributed by atoms with Crippen LogP contribution in [0.25, 0.3) is 6.08 Å². The van der Waals surface area contributed by atoms with Crippen molar-refractivity contribution in [1.29, 1.82) is 0 Å². The van der Waals surface area contributed by atoms with E-state index in [2.05, 4.69) is 20.8 Å². The second kappa shape index (κ2) is 10.2. The smallest absolute Gasteiger partial charge is 0.250 e. The Morgan fingerprint density at radius 3 is 2.79 bits per heavy atom. The summed E-state index contributed by atoms with van der Waals surface area (Å²) >= 11 is 1.12. The van der Waals surface area contributed by atoms with Crippen LogP contribution in [0.3, 0.4) is 0 Å². The molecule has 28 heavy (non-hydrogen) atoms. The predicted molar refractivity (Wildman–Crippen MR) is 108 cm³/mol. The summed E-state index contributed by atoms with van der Waals surface area (Å²) in [5.41, 5.74) is 4.21. The quantitative estimate of drug-likeness (QED) is 0.361. The third-order valence-corrected chi connectivity index (χ3v) is 4.60.